The van der Waals surface area contributed by atoms with Crippen LogP contribution >= 0.6 is 0 Å². The maximum atomic E-state index is 14.1. The van der Waals surface area contributed by atoms with Crippen molar-refractivity contribution in [3.63, 3.8) is 0 Å². The molecule has 294 valence electrons. The van der Waals surface area contributed by atoms with Gasteiger partial charge >= 0.3 is 17.9 Å². The maximum absolute atomic E-state index is 14.1. The predicted octanol–water partition coefficient (Wildman–Crippen LogP) is 5.88. The molecule has 12 bridgehead atoms. The summed E-state index contributed by atoms with van der Waals surface area (Å²) in [6.45, 7) is 6.68. The SMILES string of the molecule is CC(C)(C)C(=O)OCC12CC3CC(C1)C1(OCC(COC(=O)C45CC6CC(CC(O)(C6)C4)C5)(COC(=O)C45CC6CC(CC(O)(C6)C4)C5)CO1)C(C3)C2. The molecule has 13 fully saturated rings. The number of ether oxygens (including phenoxy) is 5. The van der Waals surface area contributed by atoms with Gasteiger partial charge in [-0.3, -0.25) is 14.4 Å². The molecule has 1 spiro atoms. The summed E-state index contributed by atoms with van der Waals surface area (Å²) in [5.41, 5.74) is -4.33. The topological polar surface area (TPSA) is 138 Å². The molecule has 53 heavy (non-hydrogen) atoms. The lowest BCUT2D eigenvalue weighted by atomic mass is 9.47. The number of hydrogen-bond acceptors (Lipinski definition) is 10. The van der Waals surface area contributed by atoms with E-state index in [0.717, 1.165) is 96.3 Å². The third-order valence-corrected chi connectivity index (χ3v) is 16.7. The van der Waals surface area contributed by atoms with E-state index in [4.69, 9.17) is 23.7 Å². The number of carbonyl (C=O) groups is 3. The normalized spacial score (nSPS) is 52.6. The highest BCUT2D eigenvalue weighted by atomic mass is 16.7. The fraction of sp³-hybridized carbons (Fsp3) is 0.930. The average Bonchev–Trinajstić information content (AvgIpc) is 3.05. The maximum Gasteiger partial charge on any atom is 0.312 e. The van der Waals surface area contributed by atoms with E-state index in [1.807, 2.05) is 20.8 Å². The molecule has 0 aromatic heterocycles. The molecule has 1 aliphatic heterocycles. The number of aliphatic hydroxyl groups is 2. The smallest absolute Gasteiger partial charge is 0.312 e. The monoisotopic (exact) mass is 738 g/mol. The van der Waals surface area contributed by atoms with Crippen LogP contribution in [0.3, 0.4) is 0 Å². The third kappa shape index (κ3) is 5.70. The van der Waals surface area contributed by atoms with Gasteiger partial charge in [0.1, 0.15) is 13.2 Å². The first-order valence-electron chi connectivity index (χ1n) is 21.2. The fourth-order valence-corrected chi connectivity index (χ4v) is 15.6. The largest absolute Gasteiger partial charge is 0.465 e. The summed E-state index contributed by atoms with van der Waals surface area (Å²) in [5.74, 6) is 0.949. The Balaban J connectivity index is 0.865. The van der Waals surface area contributed by atoms with Gasteiger partial charge in [0.2, 0.25) is 0 Å². The first kappa shape index (κ1) is 35.6. The molecule has 12 saturated carbocycles. The van der Waals surface area contributed by atoms with Crippen molar-refractivity contribution in [3.05, 3.63) is 0 Å². The zero-order valence-electron chi connectivity index (χ0n) is 32.3. The Morgan fingerprint density at radius 3 is 1.45 bits per heavy atom. The van der Waals surface area contributed by atoms with Crippen LogP contribution in [0.2, 0.25) is 0 Å². The van der Waals surface area contributed by atoms with Gasteiger partial charge < -0.3 is 33.9 Å². The van der Waals surface area contributed by atoms with Crippen LogP contribution in [0.1, 0.15) is 130 Å². The second kappa shape index (κ2) is 11.4. The summed E-state index contributed by atoms with van der Waals surface area (Å²) in [6, 6.07) is 0. The molecule has 1 heterocycles. The van der Waals surface area contributed by atoms with E-state index in [1.54, 1.807) is 0 Å². The molecular weight excluding hydrogens is 676 g/mol. The van der Waals surface area contributed by atoms with E-state index < -0.39 is 38.6 Å². The van der Waals surface area contributed by atoms with Gasteiger partial charge in [0, 0.05) is 17.3 Å². The molecule has 1 saturated heterocycles. The third-order valence-electron chi connectivity index (χ3n) is 16.7. The molecule has 6 unspecified atom stereocenters. The zero-order chi connectivity index (χ0) is 36.9. The standard InChI is InChI=1S/C43H62O10/c1-36(2,3)33(44)49-21-37-8-26-6-31(17-37)43(32(7-26)18-37)52-24-38(25-53-43,22-50-34(45)39-9-27-4-28(10-39)14-41(47,13-27)19-39)23-51-35(46)40-11-29-5-30(12-40)16-42(48,15-29)20-40/h26-32,47-48H,4-25H2,1-3H3. The molecule has 10 heteroatoms. The highest BCUT2D eigenvalue weighted by Crippen LogP contribution is 2.67. The number of hydrogen-bond donors (Lipinski definition) is 2. The number of rotatable bonds is 8. The molecule has 6 atom stereocenters. The second-order valence-electron chi connectivity index (χ2n) is 22.6. The lowest BCUT2D eigenvalue weighted by molar-refractivity contribution is -0.394. The quantitative estimate of drug-likeness (QED) is 0.230. The van der Waals surface area contributed by atoms with Crippen molar-refractivity contribution < 1.29 is 48.3 Å². The van der Waals surface area contributed by atoms with E-state index in [-0.39, 0.29) is 61.6 Å². The van der Waals surface area contributed by atoms with Crippen molar-refractivity contribution in [1.82, 2.24) is 0 Å². The van der Waals surface area contributed by atoms with Crippen molar-refractivity contribution in [2.75, 3.05) is 33.0 Å². The minimum atomic E-state index is -0.871. The van der Waals surface area contributed by atoms with E-state index in [9.17, 15) is 24.6 Å². The average molecular weight is 739 g/mol. The van der Waals surface area contributed by atoms with Crippen molar-refractivity contribution in [2.45, 2.75) is 147 Å². The highest BCUT2D eigenvalue weighted by molar-refractivity contribution is 5.79. The van der Waals surface area contributed by atoms with Crippen LogP contribution in [0.5, 0.6) is 0 Å². The molecule has 0 amide bonds. The van der Waals surface area contributed by atoms with Crippen molar-refractivity contribution in [3.8, 4) is 0 Å². The molecule has 13 aliphatic rings. The van der Waals surface area contributed by atoms with E-state index in [0.29, 0.717) is 49.0 Å². The van der Waals surface area contributed by atoms with Crippen molar-refractivity contribution >= 4 is 17.9 Å². The Morgan fingerprint density at radius 2 is 1.04 bits per heavy atom. The first-order valence-corrected chi connectivity index (χ1v) is 21.2. The van der Waals surface area contributed by atoms with Crippen LogP contribution in [0.25, 0.3) is 0 Å². The van der Waals surface area contributed by atoms with Crippen LogP contribution < -0.4 is 0 Å². The Hall–Kier alpha value is -1.75. The lowest BCUT2D eigenvalue weighted by Crippen LogP contribution is -2.68. The summed E-state index contributed by atoms with van der Waals surface area (Å²) in [5, 5.41) is 22.7. The Kier molecular flexibility index (Phi) is 7.69. The van der Waals surface area contributed by atoms with Crippen LogP contribution in [0.15, 0.2) is 0 Å². The predicted molar refractivity (Wildman–Crippen MR) is 190 cm³/mol. The summed E-state index contributed by atoms with van der Waals surface area (Å²) >= 11 is 0. The van der Waals surface area contributed by atoms with E-state index in [1.165, 1.54) is 0 Å². The Labute approximate surface area is 314 Å². The van der Waals surface area contributed by atoms with Gasteiger partial charge in [-0.05, 0) is 160 Å². The molecule has 2 N–H and O–H groups in total. The second-order valence-corrected chi connectivity index (χ2v) is 22.6. The van der Waals surface area contributed by atoms with Crippen LogP contribution in [0.4, 0.5) is 0 Å². The first-order chi connectivity index (χ1) is 24.9. The van der Waals surface area contributed by atoms with E-state index >= 15 is 0 Å². The van der Waals surface area contributed by atoms with Crippen LogP contribution in [-0.2, 0) is 38.1 Å². The minimum absolute atomic E-state index is 0.0253. The summed E-state index contributed by atoms with van der Waals surface area (Å²) in [6.07, 6.45) is 14.2. The summed E-state index contributed by atoms with van der Waals surface area (Å²) in [4.78, 5) is 41.0. The van der Waals surface area contributed by atoms with Gasteiger partial charge in [0.05, 0.1) is 52.7 Å². The molecule has 0 aromatic carbocycles. The highest BCUT2D eigenvalue weighted by Gasteiger charge is 2.67. The molecule has 0 radical (unpaired) electrons. The van der Waals surface area contributed by atoms with Crippen molar-refractivity contribution in [1.29, 1.82) is 0 Å². The van der Waals surface area contributed by atoms with Gasteiger partial charge in [0.15, 0.2) is 5.79 Å². The molecule has 12 aliphatic carbocycles. The zero-order valence-corrected chi connectivity index (χ0v) is 32.3. The van der Waals surface area contributed by atoms with Gasteiger partial charge in [0.25, 0.3) is 0 Å². The fourth-order valence-electron chi connectivity index (χ4n) is 15.6. The van der Waals surface area contributed by atoms with E-state index in [2.05, 4.69) is 0 Å². The van der Waals surface area contributed by atoms with Gasteiger partial charge in [-0.1, -0.05) is 0 Å². The molecule has 13 rings (SSSR count). The molecule has 10 nitrogen and oxygen atoms in total. The van der Waals surface area contributed by atoms with Gasteiger partial charge in [-0.2, -0.15) is 0 Å². The minimum Gasteiger partial charge on any atom is -0.465 e. The summed E-state index contributed by atoms with van der Waals surface area (Å²) in [7, 11) is 0. The lowest BCUT2D eigenvalue weighted by Gasteiger charge is -2.65. The molecular formula is C43H62O10. The van der Waals surface area contributed by atoms with Gasteiger partial charge in [-0.25, -0.2) is 0 Å². The van der Waals surface area contributed by atoms with Crippen LogP contribution in [0, 0.1) is 68.5 Å². The number of esters is 3. The van der Waals surface area contributed by atoms with Crippen molar-refractivity contribution in [2.24, 2.45) is 68.5 Å². The molecule has 0 aromatic rings. The van der Waals surface area contributed by atoms with Crippen LogP contribution in [-0.4, -0.2) is 78.1 Å². The summed E-state index contributed by atoms with van der Waals surface area (Å²) < 4.78 is 32.5. The number of carbonyl (C=O) groups excluding carboxylic acids is 3. The Morgan fingerprint density at radius 1 is 0.585 bits per heavy atom. The van der Waals surface area contributed by atoms with Gasteiger partial charge in [-0.15, -0.1) is 0 Å². The Bertz CT molecular complexity index is 1440.